The van der Waals surface area contributed by atoms with E-state index in [1.807, 2.05) is 35.4 Å². The first-order valence-electron chi connectivity index (χ1n) is 13.2. The number of pyridine rings is 1. The number of anilines is 2. The highest BCUT2D eigenvalue weighted by molar-refractivity contribution is 6.31. The topological polar surface area (TPSA) is 64.1 Å². The average Bonchev–Trinajstić information content (AvgIpc) is 3.60. The molecule has 7 nitrogen and oxygen atoms in total. The van der Waals surface area contributed by atoms with Gasteiger partial charge in [-0.1, -0.05) is 17.7 Å². The monoisotopic (exact) mass is 519 g/mol. The van der Waals surface area contributed by atoms with Crippen LogP contribution in [0.5, 0.6) is 5.75 Å². The Balaban J connectivity index is 1.37. The number of halogens is 1. The molecule has 1 unspecified atom stereocenters. The third kappa shape index (κ3) is 5.14. The first-order valence-corrected chi connectivity index (χ1v) is 13.6. The van der Waals surface area contributed by atoms with Gasteiger partial charge in [0.05, 0.1) is 22.6 Å². The number of benzene rings is 2. The maximum absolute atomic E-state index is 11.3. The van der Waals surface area contributed by atoms with Gasteiger partial charge in [0.25, 0.3) is 0 Å². The molecule has 0 saturated carbocycles. The second-order valence-electron chi connectivity index (χ2n) is 10.3. The number of nitrogens with one attached hydrogen (secondary N) is 1. The summed E-state index contributed by atoms with van der Waals surface area (Å²) in [6, 6.07) is 12.1. The van der Waals surface area contributed by atoms with Crippen molar-refractivity contribution in [3.05, 3.63) is 64.3 Å². The molecule has 0 bridgehead atoms. The Labute approximate surface area is 223 Å². The van der Waals surface area contributed by atoms with Crippen molar-refractivity contribution in [3.8, 4) is 5.75 Å². The molecule has 2 saturated heterocycles. The van der Waals surface area contributed by atoms with Gasteiger partial charge in [0.1, 0.15) is 5.75 Å². The number of phenolic OH excluding ortho intramolecular Hbond substituents is 1. The largest absolute Gasteiger partial charge is 0.507 e. The van der Waals surface area contributed by atoms with Gasteiger partial charge in [-0.2, -0.15) is 0 Å². The first-order chi connectivity index (χ1) is 18.1. The maximum Gasteiger partial charge on any atom is 0.167 e. The zero-order chi connectivity index (χ0) is 25.4. The van der Waals surface area contributed by atoms with Gasteiger partial charge in [-0.15, -0.1) is 0 Å². The normalized spacial score (nSPS) is 20.2. The molecule has 37 heavy (non-hydrogen) atoms. The van der Waals surface area contributed by atoms with E-state index >= 15 is 0 Å². The van der Waals surface area contributed by atoms with Crippen molar-refractivity contribution in [2.45, 2.75) is 45.0 Å². The lowest BCUT2D eigenvalue weighted by atomic mass is 10.1. The maximum atomic E-state index is 11.3. The van der Waals surface area contributed by atoms with Crippen molar-refractivity contribution in [3.63, 3.8) is 0 Å². The number of hydrogen-bond acceptors (Lipinski definition) is 7. The van der Waals surface area contributed by atoms with Crippen LogP contribution in [0.4, 0.5) is 11.4 Å². The smallest absolute Gasteiger partial charge is 0.167 e. The van der Waals surface area contributed by atoms with E-state index in [1.165, 1.54) is 25.7 Å². The minimum absolute atomic E-state index is 0.308. The second-order valence-corrected chi connectivity index (χ2v) is 10.7. The summed E-state index contributed by atoms with van der Waals surface area (Å²) >= 11 is 6.22. The lowest BCUT2D eigenvalue weighted by Crippen LogP contribution is -2.42. The molecule has 2 N–H and O–H groups in total. The Morgan fingerprint density at radius 2 is 1.62 bits per heavy atom. The number of phenols is 1. The van der Waals surface area contributed by atoms with Crippen LogP contribution in [-0.4, -0.2) is 59.4 Å². The number of aromatic nitrogens is 1. The van der Waals surface area contributed by atoms with Gasteiger partial charge in [-0.25, -0.2) is 4.98 Å². The first kappa shape index (κ1) is 24.5. The fourth-order valence-corrected chi connectivity index (χ4v) is 5.90. The number of hydrogen-bond donors (Lipinski definition) is 2. The molecule has 2 fully saturated rings. The Morgan fingerprint density at radius 3 is 2.24 bits per heavy atom. The standard InChI is InChI=1S/C29H34ClN5O2/c1-37-28-9-8-25-27(16-20-6-7-23(30)17-26(20)31-25)35(28)32-24-14-21(18-33-10-2-3-11-33)29(36)22(15-24)19-34-12-4-5-13-34/h6-9,14-17,28,32,36H,2-5,10-13,18-19H2,1H3. The van der Waals surface area contributed by atoms with Crippen LogP contribution in [0.1, 0.15) is 42.5 Å². The zero-order valence-electron chi connectivity index (χ0n) is 21.3. The van der Waals surface area contributed by atoms with Gasteiger partial charge in [-0.3, -0.25) is 20.2 Å². The summed E-state index contributed by atoms with van der Waals surface area (Å²) in [4.78, 5) is 9.72. The van der Waals surface area contributed by atoms with Crippen molar-refractivity contribution in [1.29, 1.82) is 0 Å². The lowest BCUT2D eigenvalue weighted by molar-refractivity contribution is 0.141. The molecule has 0 amide bonds. The molecular weight excluding hydrogens is 486 g/mol. The summed E-state index contributed by atoms with van der Waals surface area (Å²) in [7, 11) is 1.71. The van der Waals surface area contributed by atoms with Crippen molar-refractivity contribution in [1.82, 2.24) is 14.8 Å². The van der Waals surface area contributed by atoms with Crippen molar-refractivity contribution < 1.29 is 9.84 Å². The number of rotatable bonds is 7. The van der Waals surface area contributed by atoms with Crippen LogP contribution in [-0.2, 0) is 17.8 Å². The van der Waals surface area contributed by atoms with Crippen LogP contribution in [0.15, 0.2) is 42.5 Å². The summed E-state index contributed by atoms with van der Waals surface area (Å²) in [5.41, 5.74) is 9.12. The van der Waals surface area contributed by atoms with E-state index in [9.17, 15) is 5.11 Å². The third-order valence-corrected chi connectivity index (χ3v) is 7.90. The number of ether oxygens (including phenoxy) is 1. The molecule has 2 aromatic carbocycles. The highest BCUT2D eigenvalue weighted by Gasteiger charge is 2.26. The van der Waals surface area contributed by atoms with Crippen molar-refractivity contribution >= 4 is 40.0 Å². The summed E-state index contributed by atoms with van der Waals surface area (Å²) in [5, 5.41) is 15.0. The Hall–Kier alpha value is -2.84. The highest BCUT2D eigenvalue weighted by Crippen LogP contribution is 2.35. The van der Waals surface area contributed by atoms with Crippen LogP contribution < -0.4 is 10.4 Å². The van der Waals surface area contributed by atoms with Gasteiger partial charge in [0.15, 0.2) is 6.23 Å². The SMILES string of the molecule is COC1C=Cc2nc3cc(Cl)ccc3cc2N1Nc1cc(CN2CCCC2)c(O)c(CN2CCCC2)c1. The van der Waals surface area contributed by atoms with Gasteiger partial charge >= 0.3 is 0 Å². The fourth-order valence-electron chi connectivity index (χ4n) is 5.73. The molecule has 0 radical (unpaired) electrons. The van der Waals surface area contributed by atoms with Crippen molar-refractivity contribution in [2.24, 2.45) is 0 Å². The number of methoxy groups -OCH3 is 1. The number of fused-ring (bicyclic) bond motifs is 2. The van der Waals surface area contributed by atoms with Gasteiger partial charge in [-0.05, 0) is 94.3 Å². The summed E-state index contributed by atoms with van der Waals surface area (Å²) in [5.74, 6) is 0.427. The third-order valence-electron chi connectivity index (χ3n) is 7.66. The second kappa shape index (κ2) is 10.5. The number of hydrazine groups is 1. The van der Waals surface area contributed by atoms with E-state index in [0.29, 0.717) is 10.8 Å². The minimum atomic E-state index is -0.308. The lowest BCUT2D eigenvalue weighted by Gasteiger charge is -2.35. The molecule has 1 atom stereocenters. The summed E-state index contributed by atoms with van der Waals surface area (Å²) in [6.45, 7) is 5.83. The van der Waals surface area contributed by atoms with Gasteiger partial charge < -0.3 is 9.84 Å². The molecule has 6 rings (SSSR count). The molecule has 1 aromatic heterocycles. The van der Waals surface area contributed by atoms with Crippen LogP contribution in [0.2, 0.25) is 5.02 Å². The summed E-state index contributed by atoms with van der Waals surface area (Å²) in [6.07, 6.45) is 8.56. The van der Waals surface area contributed by atoms with Gasteiger partial charge in [0, 0.05) is 41.7 Å². The van der Waals surface area contributed by atoms with Crippen LogP contribution >= 0.6 is 11.6 Å². The predicted molar refractivity (Wildman–Crippen MR) is 150 cm³/mol. The zero-order valence-corrected chi connectivity index (χ0v) is 22.0. The highest BCUT2D eigenvalue weighted by atomic mass is 35.5. The van der Waals surface area contributed by atoms with E-state index in [-0.39, 0.29) is 6.23 Å². The molecular formula is C29H34ClN5O2. The number of likely N-dealkylation sites (tertiary alicyclic amines) is 2. The molecule has 4 heterocycles. The van der Waals surface area contributed by atoms with E-state index in [4.69, 9.17) is 21.3 Å². The van der Waals surface area contributed by atoms with E-state index in [1.54, 1.807) is 7.11 Å². The van der Waals surface area contributed by atoms with Crippen LogP contribution in [0.3, 0.4) is 0 Å². The Morgan fingerprint density at radius 1 is 0.973 bits per heavy atom. The average molecular weight is 520 g/mol. The van der Waals surface area contributed by atoms with Gasteiger partial charge in [0.2, 0.25) is 0 Å². The van der Waals surface area contributed by atoms with Crippen LogP contribution in [0, 0.1) is 0 Å². The molecule has 8 heteroatoms. The number of aromatic hydroxyl groups is 1. The molecule has 0 spiro atoms. The molecule has 0 aliphatic carbocycles. The van der Waals surface area contributed by atoms with E-state index in [2.05, 4.69) is 33.4 Å². The molecule has 194 valence electrons. The number of nitrogens with zero attached hydrogens (tertiary/aromatic N) is 4. The molecule has 3 aromatic rings. The minimum Gasteiger partial charge on any atom is -0.507 e. The molecule has 3 aliphatic heterocycles. The Bertz CT molecular complexity index is 1280. The molecule has 3 aliphatic rings. The Kier molecular flexibility index (Phi) is 6.95. The van der Waals surface area contributed by atoms with Crippen molar-refractivity contribution in [2.75, 3.05) is 43.7 Å². The fraction of sp³-hybridized carbons (Fsp3) is 0.414. The van der Waals surface area contributed by atoms with Crippen LogP contribution in [0.25, 0.3) is 17.0 Å². The van der Waals surface area contributed by atoms with E-state index in [0.717, 1.165) is 78.4 Å². The quantitative estimate of drug-likeness (QED) is 0.393. The van der Waals surface area contributed by atoms with E-state index < -0.39 is 0 Å². The summed E-state index contributed by atoms with van der Waals surface area (Å²) < 4.78 is 5.83. The predicted octanol–water partition coefficient (Wildman–Crippen LogP) is 5.62.